The van der Waals surface area contributed by atoms with Crippen LogP contribution in [-0.4, -0.2) is 66.0 Å². The van der Waals surface area contributed by atoms with E-state index in [0.29, 0.717) is 5.57 Å². The van der Waals surface area contributed by atoms with Gasteiger partial charge in [-0.05, 0) is 54.1 Å². The molecule has 0 aromatic heterocycles. The molecule has 2 aliphatic carbocycles. The molecule has 4 amide bonds. The highest BCUT2D eigenvalue weighted by Crippen LogP contribution is 2.65. The summed E-state index contributed by atoms with van der Waals surface area (Å²) in [5, 5.41) is 29.0. The van der Waals surface area contributed by atoms with Crippen molar-refractivity contribution in [1.82, 2.24) is 4.90 Å². The number of hydrogen-bond acceptors (Lipinski definition) is 7. The van der Waals surface area contributed by atoms with E-state index >= 15 is 0 Å². The van der Waals surface area contributed by atoms with Gasteiger partial charge in [-0.15, -0.1) is 23.2 Å². The largest absolute Gasteiger partial charge is 0.505 e. The highest BCUT2D eigenvalue weighted by Gasteiger charge is 2.76. The molecule has 2 aromatic carbocycles. The summed E-state index contributed by atoms with van der Waals surface area (Å²) < 4.78 is 14.6. The van der Waals surface area contributed by atoms with Crippen LogP contribution in [-0.2, 0) is 19.2 Å². The number of phenols is 1. The van der Waals surface area contributed by atoms with E-state index in [-0.39, 0.29) is 35.0 Å². The van der Waals surface area contributed by atoms with Gasteiger partial charge in [0.05, 0.1) is 23.0 Å². The Balaban J connectivity index is 1.50. The number of hydrogen-bond donors (Lipinski definition) is 3. The molecule has 6 rings (SSSR count). The Morgan fingerprint density at radius 2 is 1.76 bits per heavy atom. The summed E-state index contributed by atoms with van der Waals surface area (Å²) in [6.45, 7) is 0. The molecule has 2 aliphatic heterocycles. The molecule has 2 aromatic rings. The van der Waals surface area contributed by atoms with E-state index in [4.69, 9.17) is 23.2 Å². The summed E-state index contributed by atoms with van der Waals surface area (Å²) in [5.74, 6) is -8.03. The normalized spacial score (nSPS) is 32.6. The quantitative estimate of drug-likeness (QED) is 0.150. The second kappa shape index (κ2) is 9.63. The molecule has 14 heteroatoms. The zero-order valence-electron chi connectivity index (χ0n) is 21.0. The summed E-state index contributed by atoms with van der Waals surface area (Å²) in [6, 6.07) is 9.25. The Morgan fingerprint density at radius 1 is 1.02 bits per heavy atom. The van der Waals surface area contributed by atoms with Crippen LogP contribution in [0, 0.1) is 23.6 Å². The minimum atomic E-state index is -2.09. The van der Waals surface area contributed by atoms with Crippen LogP contribution < -0.4 is 10.4 Å². The third-order valence-electron chi connectivity index (χ3n) is 8.75. The predicted molar refractivity (Wildman–Crippen MR) is 150 cm³/mol. The van der Waals surface area contributed by atoms with E-state index in [1.54, 1.807) is 6.08 Å². The number of likely N-dealkylation sites (tertiary alicyclic amines) is 1. The smallest absolute Gasteiger partial charge is 0.488 e. The van der Waals surface area contributed by atoms with Gasteiger partial charge in [0.2, 0.25) is 11.8 Å². The van der Waals surface area contributed by atoms with Crippen molar-refractivity contribution in [3.05, 3.63) is 65.5 Å². The number of rotatable bonds is 4. The lowest BCUT2D eigenvalue weighted by atomic mass is 9.56. The van der Waals surface area contributed by atoms with Gasteiger partial charge in [-0.2, -0.15) is 0 Å². The first kappa shape index (κ1) is 28.4. The number of fused-ring (bicyclic) bond motifs is 4. The zero-order chi connectivity index (χ0) is 29.6. The molecular weight excluding hydrogens is 645 g/mol. The molecule has 6 atom stereocenters. The molecule has 41 heavy (non-hydrogen) atoms. The molecule has 9 nitrogen and oxygen atoms in total. The standard InChI is InChI=1S/C27H21BBrCl2FN2O7/c29-11-33-24(38)26(30)10-17-15(21(27(26,31)25(33)39)12-4-7-19(35)18(32)8-12)5-6-16-20(17)23(37)34(22(16)36)14-3-1-2-13(9-14)28(40)41/h1-5,7-9,16-17,20-21,35,40-41H,6,10-11H2/t16-,17+,20-,21-,26+,27-/m0/s1. The van der Waals surface area contributed by atoms with E-state index in [0.717, 1.165) is 21.9 Å². The molecule has 0 bridgehead atoms. The monoisotopic (exact) mass is 664 g/mol. The fraction of sp³-hybridized carbons (Fsp3) is 0.333. The number of halogens is 4. The van der Waals surface area contributed by atoms with Crippen molar-refractivity contribution in [1.29, 1.82) is 0 Å². The molecular formula is C27H21BBrCl2FN2O7. The van der Waals surface area contributed by atoms with Gasteiger partial charge >= 0.3 is 7.12 Å². The van der Waals surface area contributed by atoms with E-state index in [1.165, 1.54) is 30.3 Å². The summed E-state index contributed by atoms with van der Waals surface area (Å²) in [7, 11) is -1.82. The average molecular weight is 666 g/mol. The van der Waals surface area contributed by atoms with Crippen molar-refractivity contribution >= 4 is 81.0 Å². The second-order valence-corrected chi connectivity index (χ2v) is 12.4. The highest BCUT2D eigenvalue weighted by molar-refractivity contribution is 9.09. The number of aromatic hydroxyl groups is 1. The van der Waals surface area contributed by atoms with Crippen molar-refractivity contribution in [3.8, 4) is 5.75 Å². The Bertz CT molecular complexity index is 1580. The van der Waals surface area contributed by atoms with Crippen molar-refractivity contribution in [2.24, 2.45) is 17.8 Å². The molecule has 0 unspecified atom stereocenters. The van der Waals surface area contributed by atoms with E-state index in [9.17, 15) is 38.7 Å². The minimum Gasteiger partial charge on any atom is -0.505 e. The number of anilines is 1. The Labute approximate surface area is 251 Å². The van der Waals surface area contributed by atoms with Crippen molar-refractivity contribution in [3.63, 3.8) is 0 Å². The zero-order valence-corrected chi connectivity index (χ0v) is 24.1. The lowest BCUT2D eigenvalue weighted by Crippen LogP contribution is -2.60. The van der Waals surface area contributed by atoms with Crippen LogP contribution in [0.5, 0.6) is 5.75 Å². The van der Waals surface area contributed by atoms with Gasteiger partial charge in [-0.1, -0.05) is 45.8 Å². The molecule has 4 aliphatic rings. The number of amides is 4. The first-order chi connectivity index (χ1) is 19.4. The molecule has 3 N–H and O–H groups in total. The van der Waals surface area contributed by atoms with Crippen LogP contribution >= 0.6 is 39.1 Å². The maximum atomic E-state index is 14.6. The molecule has 3 fully saturated rings. The summed E-state index contributed by atoms with van der Waals surface area (Å²) in [6.07, 6.45) is 1.57. The summed E-state index contributed by atoms with van der Waals surface area (Å²) in [4.78, 5) is 52.6. The van der Waals surface area contributed by atoms with E-state index < -0.39 is 75.7 Å². The molecule has 1 saturated carbocycles. The highest BCUT2D eigenvalue weighted by atomic mass is 79.9. The number of carbonyl (C=O) groups is 4. The first-order valence-electron chi connectivity index (χ1n) is 12.7. The number of allylic oxidation sites excluding steroid dienone is 2. The summed E-state index contributed by atoms with van der Waals surface area (Å²) >= 11 is 17.3. The fourth-order valence-corrected chi connectivity index (χ4v) is 8.33. The van der Waals surface area contributed by atoms with Gasteiger partial charge in [0.25, 0.3) is 11.8 Å². The van der Waals surface area contributed by atoms with Crippen LogP contribution in [0.3, 0.4) is 0 Å². The minimum absolute atomic E-state index is 0.0837. The van der Waals surface area contributed by atoms with E-state index in [2.05, 4.69) is 15.9 Å². The van der Waals surface area contributed by atoms with E-state index in [1.807, 2.05) is 0 Å². The van der Waals surface area contributed by atoms with Crippen LogP contribution in [0.25, 0.3) is 0 Å². The first-order valence-corrected chi connectivity index (χ1v) is 14.6. The third-order valence-corrected chi connectivity index (χ3v) is 10.7. The number of alkyl halides is 3. The maximum absolute atomic E-state index is 14.6. The third kappa shape index (κ3) is 3.74. The van der Waals surface area contributed by atoms with Gasteiger partial charge < -0.3 is 15.2 Å². The molecule has 2 heterocycles. The Morgan fingerprint density at radius 3 is 2.41 bits per heavy atom. The van der Waals surface area contributed by atoms with Gasteiger partial charge in [0, 0.05) is 5.92 Å². The van der Waals surface area contributed by atoms with Crippen molar-refractivity contribution < 1.29 is 38.7 Å². The van der Waals surface area contributed by atoms with Crippen LogP contribution in [0.2, 0.25) is 0 Å². The predicted octanol–water partition coefficient (Wildman–Crippen LogP) is 2.13. The Hall–Kier alpha value is -2.77. The topological polar surface area (TPSA) is 135 Å². The molecule has 0 spiro atoms. The number of nitrogens with zero attached hydrogens (tertiary/aromatic N) is 2. The second-order valence-electron chi connectivity index (χ2n) is 10.7. The van der Waals surface area contributed by atoms with Gasteiger partial charge in [0.15, 0.2) is 21.3 Å². The van der Waals surface area contributed by atoms with Crippen LogP contribution in [0.4, 0.5) is 10.1 Å². The number of imide groups is 2. The number of carbonyl (C=O) groups excluding carboxylic acids is 4. The van der Waals surface area contributed by atoms with Crippen LogP contribution in [0.15, 0.2) is 54.1 Å². The van der Waals surface area contributed by atoms with Crippen LogP contribution in [0.1, 0.15) is 24.3 Å². The molecule has 0 radical (unpaired) electrons. The maximum Gasteiger partial charge on any atom is 0.488 e. The van der Waals surface area contributed by atoms with Gasteiger partial charge in [-0.25, -0.2) is 4.39 Å². The number of benzene rings is 2. The SMILES string of the molecule is O=C1[C@H]2[C@H](CC=C3[C@H]2C[C@@]2(Cl)C(=O)N(CBr)C(=O)[C@@]2(Cl)[C@H]3c2ccc(O)c(F)c2)C(=O)N1c1cccc(B(O)O)c1. The summed E-state index contributed by atoms with van der Waals surface area (Å²) in [5.41, 5.74) is 0.686. The fourth-order valence-electron chi connectivity index (χ4n) is 6.91. The van der Waals surface area contributed by atoms with Gasteiger partial charge in [0.1, 0.15) is 0 Å². The van der Waals surface area contributed by atoms with Crippen molar-refractivity contribution in [2.75, 3.05) is 10.4 Å². The molecule has 212 valence electrons. The molecule has 2 saturated heterocycles. The van der Waals surface area contributed by atoms with Gasteiger partial charge in [-0.3, -0.25) is 29.0 Å². The van der Waals surface area contributed by atoms with Crippen molar-refractivity contribution in [2.45, 2.75) is 28.5 Å². The number of phenolic OH excluding ortho intramolecular Hbond substituents is 1. The lowest BCUT2D eigenvalue weighted by molar-refractivity contribution is -0.138. The average Bonchev–Trinajstić information content (AvgIpc) is 3.28. The Kier molecular flexibility index (Phi) is 6.66. The lowest BCUT2D eigenvalue weighted by Gasteiger charge is -2.50.